The molecule has 0 saturated heterocycles. The number of anilines is 1. The van der Waals surface area contributed by atoms with E-state index in [0.717, 1.165) is 29.7 Å². The molecule has 2 aliphatic rings. The largest absolute Gasteiger partial charge is 0.493 e. The van der Waals surface area contributed by atoms with Crippen molar-refractivity contribution in [2.75, 3.05) is 26.1 Å². The summed E-state index contributed by atoms with van der Waals surface area (Å²) in [4.78, 5) is 30.3. The second kappa shape index (κ2) is 11.9. The van der Waals surface area contributed by atoms with Gasteiger partial charge in [0, 0.05) is 29.9 Å². The molecule has 1 heterocycles. The predicted molar refractivity (Wildman–Crippen MR) is 150 cm³/mol. The fourth-order valence-corrected chi connectivity index (χ4v) is 5.44. The van der Waals surface area contributed by atoms with Crippen LogP contribution < -0.4 is 24.8 Å². The number of benzene rings is 2. The van der Waals surface area contributed by atoms with Gasteiger partial charge in [-0.05, 0) is 68.0 Å². The predicted octanol–water partition coefficient (Wildman–Crippen LogP) is 6.24. The number of fused-ring (bicyclic) bond motifs is 1. The van der Waals surface area contributed by atoms with Crippen molar-refractivity contribution < 1.29 is 23.8 Å². The maximum atomic E-state index is 13.0. The van der Waals surface area contributed by atoms with Crippen LogP contribution in [0.3, 0.4) is 0 Å². The first-order valence-corrected chi connectivity index (χ1v) is 13.9. The molecule has 0 radical (unpaired) electrons. The van der Waals surface area contributed by atoms with Crippen molar-refractivity contribution in [3.05, 3.63) is 48.7 Å². The number of amides is 2. The molecule has 0 bridgehead atoms. The molecule has 2 aliphatic carbocycles. The van der Waals surface area contributed by atoms with Crippen LogP contribution in [0.25, 0.3) is 10.9 Å². The lowest BCUT2D eigenvalue weighted by Crippen LogP contribution is -2.40. The van der Waals surface area contributed by atoms with Crippen LogP contribution in [0.5, 0.6) is 23.0 Å². The normalized spacial score (nSPS) is 16.4. The van der Waals surface area contributed by atoms with Crippen LogP contribution in [0.15, 0.2) is 48.7 Å². The molecule has 2 aromatic carbocycles. The van der Waals surface area contributed by atoms with Crippen LogP contribution in [0.1, 0.15) is 57.8 Å². The van der Waals surface area contributed by atoms with Gasteiger partial charge in [-0.25, -0.2) is 0 Å². The number of hydrogen-bond donors (Lipinski definition) is 2. The Morgan fingerprint density at radius 3 is 2.33 bits per heavy atom. The quantitative estimate of drug-likeness (QED) is 0.224. The topological polar surface area (TPSA) is 98.8 Å². The highest BCUT2D eigenvalue weighted by atomic mass is 16.5. The second-order valence-electron chi connectivity index (χ2n) is 10.6. The Balaban J connectivity index is 1.16. The smallest absolute Gasteiger partial charge is 0.240 e. The number of ether oxygens (including phenoxy) is 3. The zero-order chi connectivity index (χ0) is 27.2. The summed E-state index contributed by atoms with van der Waals surface area (Å²) in [6.07, 6.45) is 11.6. The van der Waals surface area contributed by atoms with Gasteiger partial charge in [0.25, 0.3) is 0 Å². The molecule has 206 valence electrons. The number of aromatic nitrogens is 1. The van der Waals surface area contributed by atoms with Crippen molar-refractivity contribution in [3.63, 3.8) is 0 Å². The second-order valence-corrected chi connectivity index (χ2v) is 10.6. The van der Waals surface area contributed by atoms with E-state index in [1.807, 2.05) is 6.07 Å². The summed E-state index contributed by atoms with van der Waals surface area (Å²) in [5.74, 6) is 2.80. The van der Waals surface area contributed by atoms with Gasteiger partial charge in [0.15, 0.2) is 11.5 Å². The monoisotopic (exact) mass is 531 g/mol. The van der Waals surface area contributed by atoms with Crippen molar-refractivity contribution in [1.82, 2.24) is 10.3 Å². The van der Waals surface area contributed by atoms with E-state index in [2.05, 4.69) is 15.6 Å². The average Bonchev–Trinajstić information content (AvgIpc) is 3.79. The lowest BCUT2D eigenvalue weighted by Gasteiger charge is -2.21. The summed E-state index contributed by atoms with van der Waals surface area (Å²) in [5.41, 5.74) is 0.390. The molecule has 8 heteroatoms. The molecular weight excluding hydrogens is 494 g/mol. The van der Waals surface area contributed by atoms with Crippen molar-refractivity contribution in [2.24, 2.45) is 11.3 Å². The zero-order valence-electron chi connectivity index (χ0n) is 22.8. The first-order chi connectivity index (χ1) is 19.0. The summed E-state index contributed by atoms with van der Waals surface area (Å²) in [6, 6.07) is 12.5. The molecule has 2 fully saturated rings. The van der Waals surface area contributed by atoms with Gasteiger partial charge < -0.3 is 24.8 Å². The number of pyridine rings is 1. The number of hydrogen-bond acceptors (Lipinski definition) is 6. The molecule has 0 atom stereocenters. The molecule has 0 spiro atoms. The van der Waals surface area contributed by atoms with E-state index in [1.54, 1.807) is 56.8 Å². The van der Waals surface area contributed by atoms with E-state index < -0.39 is 5.41 Å². The number of rotatable bonds is 11. The molecule has 0 unspecified atom stereocenters. The zero-order valence-corrected chi connectivity index (χ0v) is 22.8. The molecule has 2 amide bonds. The van der Waals surface area contributed by atoms with Gasteiger partial charge in [0.05, 0.1) is 19.7 Å². The van der Waals surface area contributed by atoms with Crippen molar-refractivity contribution in [2.45, 2.75) is 57.8 Å². The molecule has 5 rings (SSSR count). The van der Waals surface area contributed by atoms with Crippen molar-refractivity contribution >= 4 is 28.4 Å². The summed E-state index contributed by atoms with van der Waals surface area (Å²) in [5, 5.41) is 6.72. The molecule has 0 aliphatic heterocycles. The lowest BCUT2D eigenvalue weighted by atomic mass is 9.86. The summed E-state index contributed by atoms with van der Waals surface area (Å²) in [7, 11) is 3.17. The van der Waals surface area contributed by atoms with Crippen molar-refractivity contribution in [1.29, 1.82) is 0 Å². The van der Waals surface area contributed by atoms with E-state index in [-0.39, 0.29) is 11.8 Å². The molecule has 2 saturated carbocycles. The van der Waals surface area contributed by atoms with Gasteiger partial charge in [0.2, 0.25) is 11.8 Å². The van der Waals surface area contributed by atoms with Gasteiger partial charge in [-0.3, -0.25) is 14.6 Å². The van der Waals surface area contributed by atoms with Gasteiger partial charge in [0.1, 0.15) is 16.9 Å². The molecule has 39 heavy (non-hydrogen) atoms. The number of nitrogens with zero attached hydrogens (tertiary/aromatic N) is 1. The fraction of sp³-hybridized carbons (Fsp3) is 0.452. The lowest BCUT2D eigenvalue weighted by molar-refractivity contribution is -0.134. The van der Waals surface area contributed by atoms with E-state index in [0.29, 0.717) is 48.1 Å². The molecule has 1 aromatic heterocycles. The fourth-order valence-electron chi connectivity index (χ4n) is 5.44. The number of nitrogens with one attached hydrogen (secondary N) is 2. The van der Waals surface area contributed by atoms with Gasteiger partial charge in [-0.1, -0.05) is 32.1 Å². The van der Waals surface area contributed by atoms with Crippen molar-refractivity contribution in [3.8, 4) is 23.0 Å². The Hall–Kier alpha value is -3.81. The summed E-state index contributed by atoms with van der Waals surface area (Å²) in [6.45, 7) is 0.638. The Morgan fingerprint density at radius 2 is 1.64 bits per heavy atom. The van der Waals surface area contributed by atoms with Crippen LogP contribution in [0.2, 0.25) is 0 Å². The third kappa shape index (κ3) is 6.10. The first-order valence-electron chi connectivity index (χ1n) is 13.9. The summed E-state index contributed by atoms with van der Waals surface area (Å²) < 4.78 is 16.9. The third-order valence-electron chi connectivity index (χ3n) is 7.97. The Labute approximate surface area is 229 Å². The minimum Gasteiger partial charge on any atom is -0.493 e. The van der Waals surface area contributed by atoms with E-state index >= 15 is 0 Å². The molecular formula is C31H37N3O5. The van der Waals surface area contributed by atoms with Crippen LogP contribution >= 0.6 is 0 Å². The highest BCUT2D eigenvalue weighted by Gasteiger charge is 2.56. The third-order valence-corrected chi connectivity index (χ3v) is 7.97. The van der Waals surface area contributed by atoms with Gasteiger partial charge in [-0.2, -0.15) is 0 Å². The number of carbonyl (C=O) groups excluding carboxylic acids is 2. The number of carbonyl (C=O) groups is 2. The highest BCUT2D eigenvalue weighted by Crippen LogP contribution is 2.47. The van der Waals surface area contributed by atoms with Crippen LogP contribution in [-0.4, -0.2) is 37.6 Å². The van der Waals surface area contributed by atoms with E-state index in [9.17, 15) is 9.59 Å². The minimum absolute atomic E-state index is 0.153. The highest BCUT2D eigenvalue weighted by molar-refractivity contribution is 6.13. The van der Waals surface area contributed by atoms with E-state index in [1.165, 1.54) is 32.1 Å². The standard InChI is InChI=1S/C31H37N3O5/c1-37-27-19-24-25(20-28(27)38-2)32-18-14-26(24)39-23-12-10-22(11-13-23)34-30(36)31(15-16-31)29(35)33-17-6-9-21-7-4-3-5-8-21/h10-14,18-21H,3-9,15-17H2,1-2H3,(H,33,35)(H,34,36). The Bertz CT molecular complexity index is 1310. The van der Waals surface area contributed by atoms with E-state index in [4.69, 9.17) is 14.2 Å². The van der Waals surface area contributed by atoms with Crippen LogP contribution in [0.4, 0.5) is 5.69 Å². The Morgan fingerprint density at radius 1 is 0.923 bits per heavy atom. The van der Waals surface area contributed by atoms with Gasteiger partial charge in [-0.15, -0.1) is 0 Å². The Kier molecular flexibility index (Phi) is 8.19. The maximum absolute atomic E-state index is 13.0. The molecule has 8 nitrogen and oxygen atoms in total. The minimum atomic E-state index is -0.948. The molecule has 2 N–H and O–H groups in total. The van der Waals surface area contributed by atoms with Gasteiger partial charge >= 0.3 is 0 Å². The number of methoxy groups -OCH3 is 2. The first kappa shape index (κ1) is 26.8. The maximum Gasteiger partial charge on any atom is 0.240 e. The van der Waals surface area contributed by atoms with Crippen LogP contribution in [-0.2, 0) is 9.59 Å². The molecule has 3 aromatic rings. The SMILES string of the molecule is COc1cc2nccc(Oc3ccc(NC(=O)C4(C(=O)NCCCC5CCCCC5)CC4)cc3)c2cc1OC. The average molecular weight is 532 g/mol. The van der Waals surface area contributed by atoms with Crippen LogP contribution in [0, 0.1) is 11.3 Å². The summed E-state index contributed by atoms with van der Waals surface area (Å²) >= 11 is 0.